The van der Waals surface area contributed by atoms with Crippen molar-refractivity contribution >= 4 is 34.6 Å². The van der Waals surface area contributed by atoms with Crippen LogP contribution in [-0.4, -0.2) is 22.5 Å². The molecule has 0 aliphatic rings. The number of carbonyl (C=O) groups is 2. The fourth-order valence-electron chi connectivity index (χ4n) is 1.77. The number of oxazole rings is 1. The average molecular weight is 313 g/mol. The summed E-state index contributed by atoms with van der Waals surface area (Å²) in [5.41, 5.74) is 5.86. The molecule has 2 rings (SSSR count). The Kier molecular flexibility index (Phi) is 4.32. The summed E-state index contributed by atoms with van der Waals surface area (Å²) in [4.78, 5) is 34.1. The van der Waals surface area contributed by atoms with Gasteiger partial charge in [0.2, 0.25) is 0 Å². The summed E-state index contributed by atoms with van der Waals surface area (Å²) in [7, 11) is 0. The standard InChI is InChI=1S/C13H13ClN2O5/c1-7(12(15)18)20-11(17)4-5-16-9-3-2-8(14)6-10(9)21-13(16)19/h2-3,6-7H,4-5H2,1H3,(H2,15,18)/t7-/m1/s1. The lowest BCUT2D eigenvalue weighted by atomic mass is 10.3. The first-order valence-corrected chi connectivity index (χ1v) is 6.54. The van der Waals surface area contributed by atoms with E-state index in [9.17, 15) is 14.4 Å². The second-order valence-corrected chi connectivity index (χ2v) is 4.85. The topological polar surface area (TPSA) is 105 Å². The van der Waals surface area contributed by atoms with Gasteiger partial charge in [0.1, 0.15) is 0 Å². The van der Waals surface area contributed by atoms with Gasteiger partial charge in [0.15, 0.2) is 11.7 Å². The number of ether oxygens (including phenoxy) is 1. The molecule has 1 aromatic heterocycles. The molecule has 0 bridgehead atoms. The Morgan fingerprint density at radius 1 is 1.48 bits per heavy atom. The molecule has 8 heteroatoms. The maximum absolute atomic E-state index is 11.7. The molecule has 0 saturated carbocycles. The van der Waals surface area contributed by atoms with E-state index in [0.717, 1.165) is 0 Å². The van der Waals surface area contributed by atoms with E-state index in [1.165, 1.54) is 17.6 Å². The van der Waals surface area contributed by atoms with Gasteiger partial charge in [-0.15, -0.1) is 0 Å². The van der Waals surface area contributed by atoms with Crippen LogP contribution in [0.25, 0.3) is 11.1 Å². The van der Waals surface area contributed by atoms with E-state index in [2.05, 4.69) is 0 Å². The van der Waals surface area contributed by atoms with Crippen molar-refractivity contribution in [3.8, 4) is 0 Å². The number of amides is 1. The summed E-state index contributed by atoms with van der Waals surface area (Å²) in [6, 6.07) is 4.76. The Hall–Kier alpha value is -2.28. The van der Waals surface area contributed by atoms with Crippen LogP contribution < -0.4 is 11.5 Å². The Labute approximate surface area is 124 Å². The van der Waals surface area contributed by atoms with Crippen molar-refractivity contribution in [3.63, 3.8) is 0 Å². The largest absolute Gasteiger partial charge is 0.453 e. The first-order chi connectivity index (χ1) is 9.88. The minimum Gasteiger partial charge on any atom is -0.453 e. The van der Waals surface area contributed by atoms with Crippen molar-refractivity contribution in [1.82, 2.24) is 4.57 Å². The number of hydrogen-bond acceptors (Lipinski definition) is 5. The van der Waals surface area contributed by atoms with Gasteiger partial charge in [0.25, 0.3) is 5.91 Å². The highest BCUT2D eigenvalue weighted by Crippen LogP contribution is 2.18. The number of benzene rings is 1. The average Bonchev–Trinajstić information content (AvgIpc) is 2.70. The quantitative estimate of drug-likeness (QED) is 0.831. The molecule has 2 aromatic rings. The molecule has 0 aliphatic heterocycles. The highest BCUT2D eigenvalue weighted by atomic mass is 35.5. The van der Waals surface area contributed by atoms with E-state index in [-0.39, 0.29) is 13.0 Å². The Morgan fingerprint density at radius 2 is 2.19 bits per heavy atom. The predicted molar refractivity (Wildman–Crippen MR) is 74.8 cm³/mol. The molecule has 1 amide bonds. The zero-order valence-electron chi connectivity index (χ0n) is 11.2. The number of halogens is 1. The number of hydrogen-bond donors (Lipinski definition) is 1. The Morgan fingerprint density at radius 3 is 2.86 bits per heavy atom. The summed E-state index contributed by atoms with van der Waals surface area (Å²) in [5, 5.41) is 0.443. The minimum absolute atomic E-state index is 0.0672. The van der Waals surface area contributed by atoms with Crippen molar-refractivity contribution < 1.29 is 18.7 Å². The van der Waals surface area contributed by atoms with Crippen molar-refractivity contribution in [2.75, 3.05) is 0 Å². The summed E-state index contributed by atoms with van der Waals surface area (Å²) in [5.74, 6) is -1.96. The van der Waals surface area contributed by atoms with E-state index in [0.29, 0.717) is 16.1 Å². The normalized spacial score (nSPS) is 12.3. The van der Waals surface area contributed by atoms with E-state index in [4.69, 9.17) is 26.5 Å². The molecule has 1 atom stereocenters. The summed E-state index contributed by atoms with van der Waals surface area (Å²) in [6.07, 6.45) is -1.09. The second kappa shape index (κ2) is 6.01. The smallest absolute Gasteiger partial charge is 0.419 e. The number of nitrogens with zero attached hydrogens (tertiary/aromatic N) is 1. The monoisotopic (exact) mass is 312 g/mol. The third kappa shape index (κ3) is 3.43. The predicted octanol–water partition coefficient (Wildman–Crippen LogP) is 1.05. The third-order valence-electron chi connectivity index (χ3n) is 2.88. The van der Waals surface area contributed by atoms with E-state index in [1.807, 2.05) is 0 Å². The maximum Gasteiger partial charge on any atom is 0.419 e. The molecule has 0 fully saturated rings. The molecule has 0 unspecified atom stereocenters. The lowest BCUT2D eigenvalue weighted by Crippen LogP contribution is -2.31. The first kappa shape index (κ1) is 15.1. The molecule has 0 aliphatic carbocycles. The molecule has 2 N–H and O–H groups in total. The van der Waals surface area contributed by atoms with Gasteiger partial charge in [0, 0.05) is 17.6 Å². The zero-order chi connectivity index (χ0) is 15.6. The molecule has 21 heavy (non-hydrogen) atoms. The zero-order valence-corrected chi connectivity index (χ0v) is 11.9. The van der Waals surface area contributed by atoms with Crippen molar-refractivity contribution in [1.29, 1.82) is 0 Å². The van der Waals surface area contributed by atoms with Crippen LogP contribution in [0.1, 0.15) is 13.3 Å². The molecule has 7 nitrogen and oxygen atoms in total. The molecule has 0 radical (unpaired) electrons. The molecular weight excluding hydrogens is 300 g/mol. The molecule has 112 valence electrons. The molecule has 0 spiro atoms. The number of esters is 1. The van der Waals surface area contributed by atoms with E-state index in [1.54, 1.807) is 12.1 Å². The van der Waals surface area contributed by atoms with Gasteiger partial charge in [-0.05, 0) is 19.1 Å². The van der Waals surface area contributed by atoms with Gasteiger partial charge < -0.3 is 14.9 Å². The number of carbonyl (C=O) groups excluding carboxylic acids is 2. The van der Waals surface area contributed by atoms with Crippen LogP contribution in [0.3, 0.4) is 0 Å². The number of aromatic nitrogens is 1. The van der Waals surface area contributed by atoms with Gasteiger partial charge in [-0.25, -0.2) is 4.79 Å². The molecule has 1 aromatic carbocycles. The minimum atomic E-state index is -1.01. The highest BCUT2D eigenvalue weighted by molar-refractivity contribution is 6.31. The fraction of sp³-hybridized carbons (Fsp3) is 0.308. The molecule has 1 heterocycles. The lowest BCUT2D eigenvalue weighted by Gasteiger charge is -2.09. The fourth-order valence-corrected chi connectivity index (χ4v) is 1.93. The summed E-state index contributed by atoms with van der Waals surface area (Å²) >= 11 is 5.81. The first-order valence-electron chi connectivity index (χ1n) is 6.16. The van der Waals surface area contributed by atoms with Crippen LogP contribution in [0.4, 0.5) is 0 Å². The number of rotatable bonds is 5. The van der Waals surface area contributed by atoms with Crippen molar-refractivity contribution in [2.45, 2.75) is 26.0 Å². The van der Waals surface area contributed by atoms with Crippen molar-refractivity contribution in [3.05, 3.63) is 33.8 Å². The van der Waals surface area contributed by atoms with Gasteiger partial charge in [-0.2, -0.15) is 0 Å². The van der Waals surface area contributed by atoms with Gasteiger partial charge in [0.05, 0.1) is 11.9 Å². The van der Waals surface area contributed by atoms with E-state index < -0.39 is 23.7 Å². The maximum atomic E-state index is 11.7. The Bertz CT molecular complexity index is 749. The van der Waals surface area contributed by atoms with Crippen LogP contribution in [0, 0.1) is 0 Å². The van der Waals surface area contributed by atoms with Gasteiger partial charge >= 0.3 is 11.7 Å². The van der Waals surface area contributed by atoms with E-state index >= 15 is 0 Å². The number of aryl methyl sites for hydroxylation is 1. The highest BCUT2D eigenvalue weighted by Gasteiger charge is 2.16. The SMILES string of the molecule is C[C@@H](OC(=O)CCn1c(=O)oc2cc(Cl)ccc21)C(N)=O. The Balaban J connectivity index is 2.10. The second-order valence-electron chi connectivity index (χ2n) is 4.42. The van der Waals surface area contributed by atoms with Gasteiger partial charge in [-0.1, -0.05) is 11.6 Å². The van der Waals surface area contributed by atoms with Gasteiger partial charge in [-0.3, -0.25) is 14.2 Å². The van der Waals surface area contributed by atoms with Crippen LogP contribution in [0.15, 0.2) is 27.4 Å². The van der Waals surface area contributed by atoms with Crippen molar-refractivity contribution in [2.24, 2.45) is 5.73 Å². The third-order valence-corrected chi connectivity index (χ3v) is 3.11. The van der Waals surface area contributed by atoms with Crippen LogP contribution in [0.2, 0.25) is 5.02 Å². The molecular formula is C13H13ClN2O5. The summed E-state index contributed by atoms with van der Waals surface area (Å²) in [6.45, 7) is 1.44. The number of primary amides is 1. The molecule has 0 saturated heterocycles. The van der Waals surface area contributed by atoms with Crippen LogP contribution in [-0.2, 0) is 20.9 Å². The number of nitrogens with two attached hydrogens (primary N) is 1. The lowest BCUT2D eigenvalue weighted by molar-refractivity contribution is -0.153. The van der Waals surface area contributed by atoms with Crippen LogP contribution in [0.5, 0.6) is 0 Å². The van der Waals surface area contributed by atoms with Crippen LogP contribution >= 0.6 is 11.6 Å². The number of fused-ring (bicyclic) bond motifs is 1. The summed E-state index contributed by atoms with van der Waals surface area (Å²) < 4.78 is 11.1.